The van der Waals surface area contributed by atoms with Crippen LogP contribution in [0.25, 0.3) is 0 Å². The maximum atomic E-state index is 11.6. The number of nitrogens with zero attached hydrogens (tertiary/aromatic N) is 2. The van der Waals surface area contributed by atoms with Crippen molar-refractivity contribution in [3.8, 4) is 0 Å². The van der Waals surface area contributed by atoms with Crippen LogP contribution in [0, 0.1) is 10.1 Å². The second kappa shape index (κ2) is 5.65. The van der Waals surface area contributed by atoms with Crippen LogP contribution in [0.5, 0.6) is 0 Å². The number of rotatable bonds is 4. The van der Waals surface area contributed by atoms with Gasteiger partial charge in [0.2, 0.25) is 0 Å². The van der Waals surface area contributed by atoms with E-state index in [1.807, 2.05) is 0 Å². The van der Waals surface area contributed by atoms with E-state index in [2.05, 4.69) is 15.5 Å². The van der Waals surface area contributed by atoms with Gasteiger partial charge in [0.1, 0.15) is 5.60 Å². The van der Waals surface area contributed by atoms with Crippen molar-refractivity contribution < 1.29 is 14.5 Å². The molecule has 9 nitrogen and oxygen atoms in total. The fourth-order valence-corrected chi connectivity index (χ4v) is 1.40. The fourth-order valence-electron chi connectivity index (χ4n) is 1.40. The van der Waals surface area contributed by atoms with Gasteiger partial charge in [0, 0.05) is 6.54 Å². The SMILES string of the molecule is CC(C)(C)OC(=O)NC(CN)c1cn[nH]c1[N+](=O)[O-]. The number of H-pyrrole nitrogens is 1. The molecule has 1 atom stereocenters. The number of alkyl carbamates (subject to hydrolysis) is 1. The van der Waals surface area contributed by atoms with Crippen molar-refractivity contribution in [2.75, 3.05) is 6.54 Å². The van der Waals surface area contributed by atoms with Gasteiger partial charge in [-0.3, -0.25) is 0 Å². The van der Waals surface area contributed by atoms with Crippen molar-refractivity contribution in [1.29, 1.82) is 0 Å². The first-order chi connectivity index (χ1) is 8.74. The molecule has 19 heavy (non-hydrogen) atoms. The van der Waals surface area contributed by atoms with Crippen LogP contribution in [0.1, 0.15) is 32.4 Å². The van der Waals surface area contributed by atoms with Crippen molar-refractivity contribution in [3.63, 3.8) is 0 Å². The lowest BCUT2D eigenvalue weighted by molar-refractivity contribution is -0.390. The van der Waals surface area contributed by atoms with E-state index in [0.717, 1.165) is 0 Å². The van der Waals surface area contributed by atoms with E-state index in [9.17, 15) is 14.9 Å². The Kier molecular flexibility index (Phi) is 4.43. The highest BCUT2D eigenvalue weighted by atomic mass is 16.6. The number of nitrogens with two attached hydrogens (primary N) is 1. The molecule has 1 heterocycles. The molecule has 0 bridgehead atoms. The van der Waals surface area contributed by atoms with Gasteiger partial charge in [0.25, 0.3) is 0 Å². The van der Waals surface area contributed by atoms with Gasteiger partial charge in [-0.15, -0.1) is 5.10 Å². The van der Waals surface area contributed by atoms with Crippen molar-refractivity contribution in [1.82, 2.24) is 15.5 Å². The number of aromatic nitrogens is 2. The first kappa shape index (κ1) is 14.9. The lowest BCUT2D eigenvalue weighted by atomic mass is 10.1. The van der Waals surface area contributed by atoms with Crippen LogP contribution in [-0.2, 0) is 4.74 Å². The minimum Gasteiger partial charge on any atom is -0.444 e. The topological polar surface area (TPSA) is 136 Å². The molecule has 9 heteroatoms. The van der Waals surface area contributed by atoms with Gasteiger partial charge in [-0.1, -0.05) is 5.10 Å². The number of carbonyl (C=O) groups excluding carboxylic acids is 1. The zero-order valence-corrected chi connectivity index (χ0v) is 11.0. The second-order valence-electron chi connectivity index (χ2n) is 4.87. The number of nitro groups is 1. The molecular formula is C10H17N5O4. The number of aromatic amines is 1. The van der Waals surface area contributed by atoms with E-state index in [0.29, 0.717) is 0 Å². The first-order valence-corrected chi connectivity index (χ1v) is 5.62. The van der Waals surface area contributed by atoms with E-state index in [-0.39, 0.29) is 17.9 Å². The minimum atomic E-state index is -0.742. The number of hydrogen-bond acceptors (Lipinski definition) is 6. The summed E-state index contributed by atoms with van der Waals surface area (Å²) in [5.41, 5.74) is 5.06. The van der Waals surface area contributed by atoms with Gasteiger partial charge in [0.15, 0.2) is 0 Å². The summed E-state index contributed by atoms with van der Waals surface area (Å²) in [5.74, 6) is -0.300. The Labute approximate surface area is 109 Å². The molecular weight excluding hydrogens is 254 g/mol. The number of ether oxygens (including phenoxy) is 1. The van der Waals surface area contributed by atoms with Gasteiger partial charge >= 0.3 is 11.9 Å². The van der Waals surface area contributed by atoms with Gasteiger partial charge < -0.3 is 25.9 Å². The molecule has 4 N–H and O–H groups in total. The highest BCUT2D eigenvalue weighted by Gasteiger charge is 2.26. The van der Waals surface area contributed by atoms with E-state index in [4.69, 9.17) is 10.5 Å². The Morgan fingerprint density at radius 2 is 2.32 bits per heavy atom. The van der Waals surface area contributed by atoms with Crippen molar-refractivity contribution in [2.45, 2.75) is 32.4 Å². The molecule has 0 radical (unpaired) electrons. The lowest BCUT2D eigenvalue weighted by Crippen LogP contribution is -2.37. The monoisotopic (exact) mass is 271 g/mol. The smallest absolute Gasteiger partial charge is 0.408 e. The van der Waals surface area contributed by atoms with Crippen LogP contribution in [0.3, 0.4) is 0 Å². The molecule has 0 fully saturated rings. The van der Waals surface area contributed by atoms with Crippen LogP contribution in [0.2, 0.25) is 0 Å². The zero-order chi connectivity index (χ0) is 14.6. The Morgan fingerprint density at radius 3 is 2.79 bits per heavy atom. The summed E-state index contributed by atoms with van der Waals surface area (Å²) in [6.07, 6.45) is 0.561. The van der Waals surface area contributed by atoms with E-state index < -0.39 is 22.7 Å². The normalized spacial score (nSPS) is 12.8. The zero-order valence-electron chi connectivity index (χ0n) is 11.0. The standard InChI is InChI=1S/C10H17N5O4/c1-10(2,3)19-9(16)13-7(4-11)6-5-12-14-8(6)15(17)18/h5,7H,4,11H2,1-3H3,(H,12,14)(H,13,16). The molecule has 0 aliphatic rings. The van der Waals surface area contributed by atoms with Gasteiger partial charge in [0.05, 0.1) is 17.8 Å². The Morgan fingerprint density at radius 1 is 1.68 bits per heavy atom. The number of nitrogens with one attached hydrogen (secondary N) is 2. The molecule has 1 rings (SSSR count). The average molecular weight is 271 g/mol. The number of amides is 1. The quantitative estimate of drug-likeness (QED) is 0.548. The number of hydrogen-bond donors (Lipinski definition) is 3. The Hall–Kier alpha value is -2.16. The second-order valence-corrected chi connectivity index (χ2v) is 4.87. The van der Waals surface area contributed by atoms with Gasteiger partial charge in [-0.25, -0.2) is 4.79 Å². The molecule has 0 saturated carbocycles. The summed E-state index contributed by atoms with van der Waals surface area (Å²) in [6, 6.07) is -0.742. The molecule has 1 aromatic rings. The van der Waals surface area contributed by atoms with Crippen LogP contribution in [0.4, 0.5) is 10.6 Å². The lowest BCUT2D eigenvalue weighted by Gasteiger charge is -2.22. The summed E-state index contributed by atoms with van der Waals surface area (Å²) in [7, 11) is 0. The fraction of sp³-hybridized carbons (Fsp3) is 0.600. The van der Waals surface area contributed by atoms with Crippen LogP contribution in [-0.4, -0.2) is 33.4 Å². The third kappa shape index (κ3) is 4.21. The third-order valence-electron chi connectivity index (χ3n) is 2.13. The minimum absolute atomic E-state index is 0.0143. The highest BCUT2D eigenvalue weighted by Crippen LogP contribution is 2.21. The van der Waals surface area contributed by atoms with E-state index in [1.165, 1.54) is 6.20 Å². The van der Waals surface area contributed by atoms with Crippen molar-refractivity contribution in [2.24, 2.45) is 5.73 Å². The summed E-state index contributed by atoms with van der Waals surface area (Å²) in [6.45, 7) is 5.12. The van der Waals surface area contributed by atoms with Crippen molar-refractivity contribution >= 4 is 11.9 Å². The summed E-state index contributed by atoms with van der Waals surface area (Å²) in [5, 5.41) is 19.1. The average Bonchev–Trinajstić information content (AvgIpc) is 2.72. The molecule has 0 saturated heterocycles. The molecule has 1 aromatic heterocycles. The molecule has 106 valence electrons. The molecule has 1 unspecified atom stereocenters. The largest absolute Gasteiger partial charge is 0.444 e. The maximum absolute atomic E-state index is 11.6. The summed E-state index contributed by atoms with van der Waals surface area (Å²) < 4.78 is 5.06. The predicted octanol–water partition coefficient (Wildman–Crippen LogP) is 0.842. The third-order valence-corrected chi connectivity index (χ3v) is 2.13. The summed E-state index contributed by atoms with van der Waals surface area (Å²) >= 11 is 0. The van der Waals surface area contributed by atoms with E-state index in [1.54, 1.807) is 20.8 Å². The van der Waals surface area contributed by atoms with Crippen LogP contribution in [0.15, 0.2) is 6.20 Å². The first-order valence-electron chi connectivity index (χ1n) is 5.62. The molecule has 0 aliphatic heterocycles. The van der Waals surface area contributed by atoms with Gasteiger partial charge in [-0.2, -0.15) is 0 Å². The maximum Gasteiger partial charge on any atom is 0.408 e. The Balaban J connectivity index is 2.81. The van der Waals surface area contributed by atoms with Crippen LogP contribution < -0.4 is 11.1 Å². The summed E-state index contributed by atoms with van der Waals surface area (Å²) in [4.78, 5) is 21.8. The van der Waals surface area contributed by atoms with E-state index >= 15 is 0 Å². The Bertz CT molecular complexity index is 465. The molecule has 0 aliphatic carbocycles. The van der Waals surface area contributed by atoms with Gasteiger partial charge in [-0.05, 0) is 25.7 Å². The molecule has 1 amide bonds. The predicted molar refractivity (Wildman–Crippen MR) is 66.4 cm³/mol. The molecule has 0 spiro atoms. The number of carbonyl (C=O) groups is 1. The highest BCUT2D eigenvalue weighted by molar-refractivity contribution is 5.68. The van der Waals surface area contributed by atoms with Crippen molar-refractivity contribution in [3.05, 3.63) is 21.9 Å². The molecule has 0 aromatic carbocycles. The van der Waals surface area contributed by atoms with Crippen LogP contribution >= 0.6 is 0 Å².